The number of pyridine rings is 1. The Labute approximate surface area is 157 Å². The van der Waals surface area contributed by atoms with Crippen LogP contribution < -0.4 is 0 Å². The summed E-state index contributed by atoms with van der Waals surface area (Å²) in [6.45, 7) is 2.15. The minimum Gasteiger partial charge on any atom is -0.376 e. The molecular weight excluding hydrogens is 346 g/mol. The minimum absolute atomic E-state index is 0.170. The maximum Gasteiger partial charge on any atom is 0.223 e. The molecule has 0 radical (unpaired) electrons. The molecule has 26 heavy (non-hydrogen) atoms. The van der Waals surface area contributed by atoms with Crippen molar-refractivity contribution in [3.8, 4) is 0 Å². The van der Waals surface area contributed by atoms with E-state index < -0.39 is 0 Å². The number of aromatic nitrogens is 2. The van der Waals surface area contributed by atoms with Crippen molar-refractivity contribution in [2.75, 3.05) is 13.2 Å². The van der Waals surface area contributed by atoms with E-state index in [-0.39, 0.29) is 12.0 Å². The molecule has 0 spiro atoms. The number of hydrogen-bond donors (Lipinski definition) is 0. The molecule has 1 atom stereocenters. The molecule has 0 N–H and O–H groups in total. The minimum atomic E-state index is 0.170. The largest absolute Gasteiger partial charge is 0.376 e. The van der Waals surface area contributed by atoms with Gasteiger partial charge in [-0.1, -0.05) is 6.07 Å². The van der Waals surface area contributed by atoms with Gasteiger partial charge in [-0.2, -0.15) is 11.3 Å². The standard InChI is InChI=1S/C20H23N3O2S/c24-20(7-6-17-13-22-9-2-1-5-19(22)21-17)23(12-16-8-11-26-15-16)14-18-4-3-10-25-18/h1-2,5,8-9,11,13,15,18H,3-4,6-7,10,12,14H2/t18-/m1/s1. The van der Waals surface area contributed by atoms with Crippen molar-refractivity contribution in [3.63, 3.8) is 0 Å². The van der Waals surface area contributed by atoms with Gasteiger partial charge in [0.25, 0.3) is 0 Å². The summed E-state index contributed by atoms with van der Waals surface area (Å²) in [5.74, 6) is 0.170. The average Bonchev–Trinajstić information content (AvgIpc) is 3.40. The highest BCUT2D eigenvalue weighted by Gasteiger charge is 2.23. The third-order valence-corrected chi connectivity index (χ3v) is 5.50. The maximum atomic E-state index is 12.9. The highest BCUT2D eigenvalue weighted by atomic mass is 32.1. The van der Waals surface area contributed by atoms with Gasteiger partial charge in [-0.3, -0.25) is 4.79 Å². The van der Waals surface area contributed by atoms with Gasteiger partial charge in [-0.05, 0) is 53.8 Å². The lowest BCUT2D eigenvalue weighted by Crippen LogP contribution is -2.37. The van der Waals surface area contributed by atoms with Crippen molar-refractivity contribution in [1.29, 1.82) is 0 Å². The molecule has 4 rings (SSSR count). The molecule has 0 bridgehead atoms. The number of hydrogen-bond acceptors (Lipinski definition) is 4. The summed E-state index contributed by atoms with van der Waals surface area (Å²) in [5, 5.41) is 4.17. The van der Waals surface area contributed by atoms with Crippen LogP contribution in [-0.4, -0.2) is 39.4 Å². The molecule has 1 amide bonds. The Morgan fingerprint density at radius 2 is 2.35 bits per heavy atom. The smallest absolute Gasteiger partial charge is 0.223 e. The molecule has 136 valence electrons. The number of ether oxygens (including phenoxy) is 1. The summed E-state index contributed by atoms with van der Waals surface area (Å²) in [6.07, 6.45) is 7.42. The van der Waals surface area contributed by atoms with Crippen LogP contribution in [0.1, 0.15) is 30.5 Å². The molecule has 0 aromatic carbocycles. The van der Waals surface area contributed by atoms with E-state index in [4.69, 9.17) is 4.74 Å². The van der Waals surface area contributed by atoms with E-state index in [0.29, 0.717) is 25.9 Å². The number of nitrogens with zero attached hydrogens (tertiary/aromatic N) is 3. The molecule has 3 aromatic rings. The molecular formula is C20H23N3O2S. The number of thiophene rings is 1. The van der Waals surface area contributed by atoms with Gasteiger partial charge < -0.3 is 14.0 Å². The fourth-order valence-corrected chi connectivity index (χ4v) is 4.05. The number of aryl methyl sites for hydroxylation is 1. The normalized spacial score (nSPS) is 17.0. The van der Waals surface area contributed by atoms with E-state index in [9.17, 15) is 4.79 Å². The molecule has 1 aliphatic rings. The van der Waals surface area contributed by atoms with Gasteiger partial charge in [-0.15, -0.1) is 0 Å². The highest BCUT2D eigenvalue weighted by Crippen LogP contribution is 2.17. The van der Waals surface area contributed by atoms with E-state index in [1.54, 1.807) is 11.3 Å². The molecule has 0 unspecified atom stereocenters. The summed E-state index contributed by atoms with van der Waals surface area (Å²) < 4.78 is 7.74. The van der Waals surface area contributed by atoms with Gasteiger partial charge in [0, 0.05) is 38.5 Å². The lowest BCUT2D eigenvalue weighted by molar-refractivity contribution is -0.133. The van der Waals surface area contributed by atoms with Crippen LogP contribution in [-0.2, 0) is 22.5 Å². The fourth-order valence-electron chi connectivity index (χ4n) is 3.39. The molecule has 4 heterocycles. The first-order valence-electron chi connectivity index (χ1n) is 9.11. The topological polar surface area (TPSA) is 46.8 Å². The number of imidazole rings is 1. The lowest BCUT2D eigenvalue weighted by Gasteiger charge is -2.25. The third-order valence-electron chi connectivity index (χ3n) is 4.76. The zero-order chi connectivity index (χ0) is 17.8. The van der Waals surface area contributed by atoms with Crippen molar-refractivity contribution >= 4 is 22.9 Å². The molecule has 0 aliphatic carbocycles. The maximum absolute atomic E-state index is 12.9. The predicted octanol–water partition coefficient (Wildman–Crippen LogP) is 3.54. The Kier molecular flexibility index (Phi) is 5.32. The van der Waals surface area contributed by atoms with Gasteiger partial charge >= 0.3 is 0 Å². The summed E-state index contributed by atoms with van der Waals surface area (Å²) in [6, 6.07) is 8.02. The molecule has 3 aromatic heterocycles. The number of fused-ring (bicyclic) bond motifs is 1. The first kappa shape index (κ1) is 17.2. The number of amides is 1. The Morgan fingerprint density at radius 3 is 3.12 bits per heavy atom. The summed E-state index contributed by atoms with van der Waals surface area (Å²) in [7, 11) is 0. The second-order valence-electron chi connectivity index (χ2n) is 6.74. The molecule has 1 fully saturated rings. The van der Waals surface area contributed by atoms with Crippen LogP contribution in [0.3, 0.4) is 0 Å². The summed E-state index contributed by atoms with van der Waals surface area (Å²) in [4.78, 5) is 19.4. The first-order chi connectivity index (χ1) is 12.8. The van der Waals surface area contributed by atoms with Crippen LogP contribution in [0, 0.1) is 0 Å². The van der Waals surface area contributed by atoms with Crippen LogP contribution in [0.2, 0.25) is 0 Å². The van der Waals surface area contributed by atoms with Crippen LogP contribution in [0.25, 0.3) is 5.65 Å². The third kappa shape index (κ3) is 4.14. The average molecular weight is 369 g/mol. The van der Waals surface area contributed by atoms with Crippen LogP contribution in [0.5, 0.6) is 0 Å². The zero-order valence-corrected chi connectivity index (χ0v) is 15.5. The van der Waals surface area contributed by atoms with E-state index in [0.717, 1.165) is 30.8 Å². The molecule has 1 aliphatic heterocycles. The van der Waals surface area contributed by atoms with Crippen LogP contribution >= 0.6 is 11.3 Å². The van der Waals surface area contributed by atoms with E-state index in [2.05, 4.69) is 21.8 Å². The van der Waals surface area contributed by atoms with Gasteiger partial charge in [0.05, 0.1) is 11.8 Å². The summed E-state index contributed by atoms with van der Waals surface area (Å²) >= 11 is 1.67. The van der Waals surface area contributed by atoms with E-state index >= 15 is 0 Å². The van der Waals surface area contributed by atoms with Gasteiger partial charge in [0.1, 0.15) is 5.65 Å². The molecule has 1 saturated heterocycles. The SMILES string of the molecule is O=C(CCc1cn2ccccc2n1)N(Cc1ccsc1)C[C@H]1CCCO1. The van der Waals surface area contributed by atoms with Crippen molar-refractivity contribution in [2.24, 2.45) is 0 Å². The van der Waals surface area contributed by atoms with Crippen LogP contribution in [0.4, 0.5) is 0 Å². The van der Waals surface area contributed by atoms with E-state index in [1.165, 1.54) is 5.56 Å². The second-order valence-corrected chi connectivity index (χ2v) is 7.52. The number of carbonyl (C=O) groups excluding carboxylic acids is 1. The van der Waals surface area contributed by atoms with Gasteiger partial charge in [0.15, 0.2) is 0 Å². The van der Waals surface area contributed by atoms with Gasteiger partial charge in [-0.25, -0.2) is 4.98 Å². The van der Waals surface area contributed by atoms with E-state index in [1.807, 2.05) is 39.9 Å². The van der Waals surface area contributed by atoms with Crippen molar-refractivity contribution < 1.29 is 9.53 Å². The predicted molar refractivity (Wildman–Crippen MR) is 102 cm³/mol. The zero-order valence-electron chi connectivity index (χ0n) is 14.7. The Bertz CT molecular complexity index is 820. The second kappa shape index (κ2) is 8.01. The lowest BCUT2D eigenvalue weighted by atomic mass is 10.1. The fraction of sp³-hybridized carbons (Fsp3) is 0.400. The number of rotatable bonds is 7. The van der Waals surface area contributed by atoms with Crippen molar-refractivity contribution in [1.82, 2.24) is 14.3 Å². The molecule has 5 nitrogen and oxygen atoms in total. The first-order valence-corrected chi connectivity index (χ1v) is 10.1. The van der Waals surface area contributed by atoms with Crippen LogP contribution in [0.15, 0.2) is 47.4 Å². The molecule has 6 heteroatoms. The highest BCUT2D eigenvalue weighted by molar-refractivity contribution is 7.07. The Balaban J connectivity index is 1.40. The van der Waals surface area contributed by atoms with Gasteiger partial charge in [0.2, 0.25) is 5.91 Å². The quantitative estimate of drug-likeness (QED) is 0.640. The molecule has 0 saturated carbocycles. The van der Waals surface area contributed by atoms with Crippen molar-refractivity contribution in [2.45, 2.75) is 38.3 Å². The summed E-state index contributed by atoms with van der Waals surface area (Å²) in [5.41, 5.74) is 3.07. The monoisotopic (exact) mass is 369 g/mol. The Hall–Kier alpha value is -2.18. The van der Waals surface area contributed by atoms with Crippen molar-refractivity contribution in [3.05, 3.63) is 58.7 Å². The number of carbonyl (C=O) groups is 1. The Morgan fingerprint density at radius 1 is 1.38 bits per heavy atom.